The molecule has 182 valence electrons. The molecular weight excluding hydrogens is 432 g/mol. The molecule has 1 fully saturated rings. The second-order valence-electron chi connectivity index (χ2n) is 7.58. The number of carboxylic acids is 5. The summed E-state index contributed by atoms with van der Waals surface area (Å²) in [5, 5.41) is 46.1. The summed E-state index contributed by atoms with van der Waals surface area (Å²) in [5.41, 5.74) is 0. The van der Waals surface area contributed by atoms with Gasteiger partial charge in [0.05, 0.1) is 32.6 Å². The lowest BCUT2D eigenvalue weighted by Gasteiger charge is -2.37. The predicted molar refractivity (Wildman–Crippen MR) is 107 cm³/mol. The van der Waals surface area contributed by atoms with Crippen LogP contribution in [0.1, 0.15) is 6.42 Å². The van der Waals surface area contributed by atoms with E-state index >= 15 is 0 Å². The Labute approximate surface area is 184 Å². The molecule has 1 heterocycles. The molecule has 0 bridgehead atoms. The van der Waals surface area contributed by atoms with Crippen LogP contribution < -0.4 is 0 Å². The molecule has 14 heteroatoms. The Balaban J connectivity index is 3.21. The Morgan fingerprint density at radius 2 is 0.906 bits per heavy atom. The van der Waals surface area contributed by atoms with E-state index in [-0.39, 0.29) is 58.9 Å². The van der Waals surface area contributed by atoms with Crippen LogP contribution in [0.4, 0.5) is 0 Å². The lowest BCUT2D eigenvalue weighted by Crippen LogP contribution is -2.53. The topological polar surface area (TPSA) is 199 Å². The van der Waals surface area contributed by atoms with E-state index in [0.29, 0.717) is 0 Å². The average Bonchev–Trinajstić information content (AvgIpc) is 2.63. The number of nitrogens with zero attached hydrogens (tertiary/aromatic N) is 4. The molecule has 32 heavy (non-hydrogen) atoms. The first-order valence-corrected chi connectivity index (χ1v) is 9.96. The maximum Gasteiger partial charge on any atom is 0.317 e. The van der Waals surface area contributed by atoms with E-state index < -0.39 is 55.4 Å². The van der Waals surface area contributed by atoms with Crippen molar-refractivity contribution in [1.29, 1.82) is 0 Å². The molecule has 1 atom stereocenters. The highest BCUT2D eigenvalue weighted by atomic mass is 16.4. The van der Waals surface area contributed by atoms with Crippen molar-refractivity contribution in [3.63, 3.8) is 0 Å². The average molecular weight is 462 g/mol. The minimum atomic E-state index is -1.20. The van der Waals surface area contributed by atoms with Crippen molar-refractivity contribution < 1.29 is 49.5 Å². The lowest BCUT2D eigenvalue weighted by molar-refractivity contribution is -0.144. The normalized spacial score (nSPS) is 20.7. The van der Waals surface area contributed by atoms with Gasteiger partial charge in [-0.05, 0) is 0 Å². The Morgan fingerprint density at radius 3 is 1.31 bits per heavy atom. The Morgan fingerprint density at radius 1 is 0.531 bits per heavy atom. The van der Waals surface area contributed by atoms with Crippen LogP contribution in [0.5, 0.6) is 0 Å². The lowest BCUT2D eigenvalue weighted by atomic mass is 10.1. The number of rotatable bonds is 10. The van der Waals surface area contributed by atoms with E-state index in [2.05, 4.69) is 0 Å². The van der Waals surface area contributed by atoms with Crippen LogP contribution in [0.25, 0.3) is 0 Å². The molecule has 0 radical (unpaired) electrons. The summed E-state index contributed by atoms with van der Waals surface area (Å²) < 4.78 is 0. The summed E-state index contributed by atoms with van der Waals surface area (Å²) in [4.78, 5) is 62.4. The molecule has 0 aromatic carbocycles. The monoisotopic (exact) mass is 462 g/mol. The second kappa shape index (κ2) is 13.6. The molecule has 1 rings (SSSR count). The molecule has 1 saturated heterocycles. The van der Waals surface area contributed by atoms with E-state index in [0.717, 1.165) is 0 Å². The van der Waals surface area contributed by atoms with Gasteiger partial charge in [0.2, 0.25) is 0 Å². The van der Waals surface area contributed by atoms with Crippen molar-refractivity contribution in [2.75, 3.05) is 72.0 Å². The molecule has 1 aliphatic heterocycles. The van der Waals surface area contributed by atoms with Gasteiger partial charge in [-0.15, -0.1) is 0 Å². The molecule has 0 spiro atoms. The smallest absolute Gasteiger partial charge is 0.317 e. The van der Waals surface area contributed by atoms with Gasteiger partial charge in [0, 0.05) is 51.9 Å². The number of hydrogen-bond acceptors (Lipinski definition) is 9. The van der Waals surface area contributed by atoms with Gasteiger partial charge in [0.25, 0.3) is 0 Å². The van der Waals surface area contributed by atoms with E-state index in [1.807, 2.05) is 0 Å². The quantitative estimate of drug-likeness (QED) is 0.226. The first kappa shape index (κ1) is 27.2. The zero-order chi connectivity index (χ0) is 24.3. The van der Waals surface area contributed by atoms with Gasteiger partial charge in [0.1, 0.15) is 0 Å². The maximum absolute atomic E-state index is 11.4. The Hall–Kier alpha value is -2.81. The van der Waals surface area contributed by atoms with Crippen molar-refractivity contribution in [3.05, 3.63) is 0 Å². The highest BCUT2D eigenvalue weighted by molar-refractivity contribution is 5.71. The maximum atomic E-state index is 11.4. The molecule has 0 aromatic heterocycles. The van der Waals surface area contributed by atoms with Gasteiger partial charge in [0.15, 0.2) is 0 Å². The fourth-order valence-electron chi connectivity index (χ4n) is 3.56. The van der Waals surface area contributed by atoms with Gasteiger partial charge in [-0.25, -0.2) is 0 Å². The van der Waals surface area contributed by atoms with Crippen molar-refractivity contribution in [2.45, 2.75) is 12.5 Å². The zero-order valence-electron chi connectivity index (χ0n) is 17.6. The Kier molecular flexibility index (Phi) is 11.5. The van der Waals surface area contributed by atoms with Crippen LogP contribution in [-0.4, -0.2) is 153 Å². The van der Waals surface area contributed by atoms with Crippen LogP contribution in [0.3, 0.4) is 0 Å². The number of aliphatic carboxylic acids is 5. The number of hydrogen-bond donors (Lipinski definition) is 5. The second-order valence-corrected chi connectivity index (χ2v) is 7.58. The summed E-state index contributed by atoms with van der Waals surface area (Å²) in [6, 6.07) is -0.845. The first-order valence-electron chi connectivity index (χ1n) is 9.96. The van der Waals surface area contributed by atoms with Crippen molar-refractivity contribution >= 4 is 29.8 Å². The van der Waals surface area contributed by atoms with Crippen LogP contribution in [-0.2, 0) is 24.0 Å². The molecule has 0 aromatic rings. The summed E-state index contributed by atoms with van der Waals surface area (Å²) in [6.07, 6.45) is -0.443. The standard InChI is InChI=1S/C18H30N4O10/c23-14(24)7-13-8-21(11-17(29)30)4-3-19(9-15(25)26)1-2-20(10-16(27)28)5-6-22(13)12-18(31)32/h13H,1-12H2,(H,23,24)(H,25,26)(H,27,28)(H,29,30)(H,31,32). The van der Waals surface area contributed by atoms with Crippen molar-refractivity contribution in [3.8, 4) is 0 Å². The van der Waals surface area contributed by atoms with E-state index in [1.54, 1.807) is 4.90 Å². The molecular formula is C18H30N4O10. The van der Waals surface area contributed by atoms with Crippen LogP contribution in [0.2, 0.25) is 0 Å². The molecule has 0 saturated carbocycles. The molecule has 1 unspecified atom stereocenters. The summed E-state index contributed by atoms with van der Waals surface area (Å²) in [6.45, 7) is -0.871. The fourth-order valence-corrected chi connectivity index (χ4v) is 3.56. The van der Waals surface area contributed by atoms with Crippen LogP contribution in [0, 0.1) is 0 Å². The minimum absolute atomic E-state index is 0.0391. The van der Waals surface area contributed by atoms with Crippen molar-refractivity contribution in [2.24, 2.45) is 0 Å². The molecule has 5 N–H and O–H groups in total. The summed E-state index contributed by atoms with van der Waals surface area (Å²) in [5.74, 6) is -5.75. The number of carboxylic acid groups (broad SMARTS) is 5. The first-order chi connectivity index (χ1) is 15.0. The third-order valence-electron chi connectivity index (χ3n) is 4.98. The van der Waals surface area contributed by atoms with Crippen LogP contribution >= 0.6 is 0 Å². The highest BCUT2D eigenvalue weighted by Gasteiger charge is 2.28. The van der Waals surface area contributed by atoms with Gasteiger partial charge in [-0.1, -0.05) is 0 Å². The molecule has 14 nitrogen and oxygen atoms in total. The van der Waals surface area contributed by atoms with Gasteiger partial charge >= 0.3 is 29.8 Å². The van der Waals surface area contributed by atoms with E-state index in [9.17, 15) is 39.3 Å². The molecule has 1 aliphatic rings. The van der Waals surface area contributed by atoms with E-state index in [4.69, 9.17) is 10.2 Å². The summed E-state index contributed by atoms with van der Waals surface area (Å²) >= 11 is 0. The summed E-state index contributed by atoms with van der Waals surface area (Å²) in [7, 11) is 0. The minimum Gasteiger partial charge on any atom is -0.481 e. The van der Waals surface area contributed by atoms with Crippen molar-refractivity contribution in [1.82, 2.24) is 19.6 Å². The highest BCUT2D eigenvalue weighted by Crippen LogP contribution is 2.10. The largest absolute Gasteiger partial charge is 0.481 e. The SMILES string of the molecule is O=C(O)CC1CN(CC(=O)O)CCN(CC(=O)O)CCN(CC(=O)O)CCN1CC(=O)O. The fraction of sp³-hybridized carbons (Fsp3) is 0.722. The van der Waals surface area contributed by atoms with Gasteiger partial charge in [-0.3, -0.25) is 43.6 Å². The predicted octanol–water partition coefficient (Wildman–Crippen LogP) is -2.61. The Bertz CT molecular complexity index is 689. The van der Waals surface area contributed by atoms with Crippen LogP contribution in [0.15, 0.2) is 0 Å². The van der Waals surface area contributed by atoms with E-state index in [1.165, 1.54) is 14.7 Å². The van der Waals surface area contributed by atoms with Gasteiger partial charge < -0.3 is 25.5 Å². The third-order valence-corrected chi connectivity index (χ3v) is 4.98. The molecule has 0 amide bonds. The zero-order valence-corrected chi connectivity index (χ0v) is 17.6. The molecule has 0 aliphatic carbocycles. The van der Waals surface area contributed by atoms with Gasteiger partial charge in [-0.2, -0.15) is 0 Å². The number of carbonyl (C=O) groups is 5. The third kappa shape index (κ3) is 11.5.